The van der Waals surface area contributed by atoms with Crippen molar-refractivity contribution in [3.63, 3.8) is 0 Å². The zero-order valence-electron chi connectivity index (χ0n) is 19.0. The number of hydrogen-bond acceptors (Lipinski definition) is 7. The van der Waals surface area contributed by atoms with Gasteiger partial charge in [0.25, 0.3) is 11.8 Å². The highest BCUT2D eigenvalue weighted by atomic mass is 16.5. The Labute approximate surface area is 187 Å². The van der Waals surface area contributed by atoms with E-state index in [1.165, 1.54) is 35.5 Å². The highest BCUT2D eigenvalue weighted by molar-refractivity contribution is 5.99. The molecular formula is C23H28N2O7. The van der Waals surface area contributed by atoms with Gasteiger partial charge >= 0.3 is 0 Å². The average molecular weight is 444 g/mol. The fourth-order valence-corrected chi connectivity index (χ4v) is 3.67. The first kappa shape index (κ1) is 23.1. The van der Waals surface area contributed by atoms with E-state index in [1.54, 1.807) is 40.1 Å². The smallest absolute Gasteiger partial charge is 0.257 e. The molecule has 1 heterocycles. The molecule has 1 aliphatic heterocycles. The third-order valence-corrected chi connectivity index (χ3v) is 5.39. The number of methoxy groups -OCH3 is 5. The molecule has 0 radical (unpaired) electrons. The van der Waals surface area contributed by atoms with Gasteiger partial charge in [0.05, 0.1) is 41.1 Å². The van der Waals surface area contributed by atoms with E-state index < -0.39 is 0 Å². The van der Waals surface area contributed by atoms with E-state index in [-0.39, 0.29) is 11.8 Å². The highest BCUT2D eigenvalue weighted by Crippen LogP contribution is 2.40. The summed E-state index contributed by atoms with van der Waals surface area (Å²) in [5.74, 6) is 1.91. The van der Waals surface area contributed by atoms with E-state index in [9.17, 15) is 9.59 Å². The van der Waals surface area contributed by atoms with Gasteiger partial charge in [-0.25, -0.2) is 0 Å². The maximum atomic E-state index is 13.2. The zero-order chi connectivity index (χ0) is 23.3. The van der Waals surface area contributed by atoms with Crippen LogP contribution in [0, 0.1) is 0 Å². The van der Waals surface area contributed by atoms with Crippen LogP contribution in [0.15, 0.2) is 30.3 Å². The van der Waals surface area contributed by atoms with Crippen LogP contribution in [0.4, 0.5) is 0 Å². The van der Waals surface area contributed by atoms with Crippen molar-refractivity contribution in [1.82, 2.24) is 9.80 Å². The fraction of sp³-hybridized carbons (Fsp3) is 0.391. The third-order valence-electron chi connectivity index (χ3n) is 5.39. The Kier molecular flexibility index (Phi) is 7.29. The number of ether oxygens (including phenoxy) is 5. The summed E-state index contributed by atoms with van der Waals surface area (Å²) in [5.41, 5.74) is 0.852. The van der Waals surface area contributed by atoms with E-state index >= 15 is 0 Å². The van der Waals surface area contributed by atoms with Gasteiger partial charge in [-0.1, -0.05) is 0 Å². The third kappa shape index (κ3) is 4.51. The number of piperazine rings is 1. The van der Waals surface area contributed by atoms with Crippen LogP contribution in [0.1, 0.15) is 20.7 Å². The van der Waals surface area contributed by atoms with Crippen molar-refractivity contribution in [3.05, 3.63) is 41.5 Å². The number of carbonyl (C=O) groups excluding carboxylic acids is 2. The van der Waals surface area contributed by atoms with Gasteiger partial charge in [-0.15, -0.1) is 0 Å². The molecule has 0 aromatic heterocycles. The lowest BCUT2D eigenvalue weighted by Gasteiger charge is -2.35. The quantitative estimate of drug-likeness (QED) is 0.648. The summed E-state index contributed by atoms with van der Waals surface area (Å²) in [6, 6.07) is 8.39. The maximum absolute atomic E-state index is 13.2. The van der Waals surface area contributed by atoms with Gasteiger partial charge in [0.15, 0.2) is 11.5 Å². The van der Waals surface area contributed by atoms with E-state index in [0.29, 0.717) is 66.1 Å². The van der Waals surface area contributed by atoms with Gasteiger partial charge in [0.2, 0.25) is 5.75 Å². The van der Waals surface area contributed by atoms with Crippen LogP contribution in [0.3, 0.4) is 0 Å². The minimum atomic E-state index is -0.196. The zero-order valence-corrected chi connectivity index (χ0v) is 19.0. The van der Waals surface area contributed by atoms with E-state index in [4.69, 9.17) is 23.7 Å². The van der Waals surface area contributed by atoms with Crippen molar-refractivity contribution in [3.8, 4) is 28.7 Å². The van der Waals surface area contributed by atoms with E-state index in [1.807, 2.05) is 0 Å². The first-order valence-corrected chi connectivity index (χ1v) is 10.1. The molecule has 2 aromatic rings. The first-order valence-electron chi connectivity index (χ1n) is 10.1. The lowest BCUT2D eigenvalue weighted by Crippen LogP contribution is -2.50. The number of carbonyl (C=O) groups is 2. The van der Waals surface area contributed by atoms with E-state index in [2.05, 4.69) is 0 Å². The Morgan fingerprint density at radius 1 is 0.656 bits per heavy atom. The summed E-state index contributed by atoms with van der Waals surface area (Å²) in [4.78, 5) is 29.6. The summed E-state index contributed by atoms with van der Waals surface area (Å²) < 4.78 is 26.6. The molecule has 32 heavy (non-hydrogen) atoms. The molecule has 0 spiro atoms. The highest BCUT2D eigenvalue weighted by Gasteiger charge is 2.29. The Balaban J connectivity index is 1.74. The molecule has 2 aromatic carbocycles. The standard InChI is InChI=1S/C23H28N2O7/c1-28-16-12-15(13-17(14-16)29-2)22(26)24-8-10-25(11-9-24)23(27)18-6-7-19(30-3)21(32-5)20(18)31-4/h6-7,12-14H,8-11H2,1-5H3. The Morgan fingerprint density at radius 2 is 1.19 bits per heavy atom. The van der Waals surface area contributed by atoms with Crippen molar-refractivity contribution in [1.29, 1.82) is 0 Å². The normalized spacial score (nSPS) is 13.4. The summed E-state index contributed by atoms with van der Waals surface area (Å²) in [6.45, 7) is 1.59. The summed E-state index contributed by atoms with van der Waals surface area (Å²) in [7, 11) is 7.57. The van der Waals surface area contributed by atoms with Crippen LogP contribution in [0.25, 0.3) is 0 Å². The molecule has 1 fully saturated rings. The van der Waals surface area contributed by atoms with Crippen LogP contribution in [0.5, 0.6) is 28.7 Å². The van der Waals surface area contributed by atoms with Crippen LogP contribution < -0.4 is 23.7 Å². The summed E-state index contributed by atoms with van der Waals surface area (Å²) in [5, 5.41) is 0. The largest absolute Gasteiger partial charge is 0.497 e. The molecule has 0 saturated carbocycles. The maximum Gasteiger partial charge on any atom is 0.257 e. The fourth-order valence-electron chi connectivity index (χ4n) is 3.67. The molecule has 0 unspecified atom stereocenters. The molecular weight excluding hydrogens is 416 g/mol. The topological polar surface area (TPSA) is 86.8 Å². The molecule has 1 saturated heterocycles. The predicted octanol–water partition coefficient (Wildman–Crippen LogP) is 2.33. The SMILES string of the molecule is COc1cc(OC)cc(C(=O)N2CCN(C(=O)c3ccc(OC)c(OC)c3OC)CC2)c1. The lowest BCUT2D eigenvalue weighted by molar-refractivity contribution is 0.0533. The second-order valence-electron chi connectivity index (χ2n) is 7.07. The molecule has 9 nitrogen and oxygen atoms in total. The first-order chi connectivity index (χ1) is 15.5. The molecule has 0 N–H and O–H groups in total. The Hall–Kier alpha value is -3.62. The van der Waals surface area contributed by atoms with Gasteiger partial charge in [0, 0.05) is 37.8 Å². The number of hydrogen-bond donors (Lipinski definition) is 0. The number of benzene rings is 2. The van der Waals surface area contributed by atoms with Crippen molar-refractivity contribution < 1.29 is 33.3 Å². The van der Waals surface area contributed by atoms with Crippen molar-refractivity contribution in [2.45, 2.75) is 0 Å². The van der Waals surface area contributed by atoms with Crippen LogP contribution >= 0.6 is 0 Å². The minimum Gasteiger partial charge on any atom is -0.497 e. The number of nitrogens with zero attached hydrogens (tertiary/aromatic N) is 2. The van der Waals surface area contributed by atoms with Crippen LogP contribution in [-0.2, 0) is 0 Å². The van der Waals surface area contributed by atoms with Gasteiger partial charge in [0.1, 0.15) is 11.5 Å². The molecule has 0 atom stereocenters. The van der Waals surface area contributed by atoms with E-state index in [0.717, 1.165) is 0 Å². The van der Waals surface area contributed by atoms with Gasteiger partial charge < -0.3 is 33.5 Å². The molecule has 3 rings (SSSR count). The molecule has 172 valence electrons. The van der Waals surface area contributed by atoms with Crippen molar-refractivity contribution >= 4 is 11.8 Å². The predicted molar refractivity (Wildman–Crippen MR) is 117 cm³/mol. The number of amides is 2. The number of rotatable bonds is 7. The summed E-state index contributed by atoms with van der Waals surface area (Å²) in [6.07, 6.45) is 0. The minimum absolute atomic E-state index is 0.141. The Bertz CT molecular complexity index is 962. The van der Waals surface area contributed by atoms with Gasteiger partial charge in [-0.2, -0.15) is 0 Å². The molecule has 1 aliphatic rings. The molecule has 9 heteroatoms. The monoisotopic (exact) mass is 444 g/mol. The summed E-state index contributed by atoms with van der Waals surface area (Å²) >= 11 is 0. The van der Waals surface area contributed by atoms with Crippen molar-refractivity contribution in [2.75, 3.05) is 61.7 Å². The average Bonchev–Trinajstić information content (AvgIpc) is 2.86. The molecule has 0 bridgehead atoms. The second kappa shape index (κ2) is 10.1. The van der Waals surface area contributed by atoms with Gasteiger partial charge in [-0.05, 0) is 24.3 Å². The van der Waals surface area contributed by atoms with Crippen molar-refractivity contribution in [2.24, 2.45) is 0 Å². The Morgan fingerprint density at radius 3 is 1.66 bits per heavy atom. The molecule has 2 amide bonds. The van der Waals surface area contributed by atoms with Crippen LogP contribution in [0.2, 0.25) is 0 Å². The molecule has 0 aliphatic carbocycles. The van der Waals surface area contributed by atoms with Crippen LogP contribution in [-0.4, -0.2) is 83.3 Å². The van der Waals surface area contributed by atoms with Gasteiger partial charge in [-0.3, -0.25) is 9.59 Å². The second-order valence-corrected chi connectivity index (χ2v) is 7.07. The lowest BCUT2D eigenvalue weighted by atomic mass is 10.1.